The Morgan fingerprint density at radius 3 is 2.58 bits per heavy atom. The molecule has 2 heterocycles. The second-order valence-electron chi connectivity index (χ2n) is 7.87. The number of anilines is 1. The largest absolute Gasteiger partial charge is 0.300 e. The average molecular weight is 387 g/mol. The molecule has 2 aromatic carbocycles. The number of carbonyl (C=O) groups is 1. The summed E-state index contributed by atoms with van der Waals surface area (Å²) in [4.78, 5) is 19.9. The van der Waals surface area contributed by atoms with Crippen molar-refractivity contribution in [2.24, 2.45) is 4.99 Å². The number of halogens is 2. The van der Waals surface area contributed by atoms with E-state index in [9.17, 15) is 4.79 Å². The van der Waals surface area contributed by atoms with Gasteiger partial charge in [0.1, 0.15) is 5.71 Å². The molecule has 0 saturated heterocycles. The van der Waals surface area contributed by atoms with Crippen molar-refractivity contribution in [1.82, 2.24) is 0 Å². The van der Waals surface area contributed by atoms with E-state index in [0.717, 1.165) is 23.2 Å². The van der Waals surface area contributed by atoms with Crippen LogP contribution in [0.4, 0.5) is 11.4 Å². The van der Waals surface area contributed by atoms with E-state index in [4.69, 9.17) is 23.2 Å². The zero-order valence-corrected chi connectivity index (χ0v) is 16.7. The highest BCUT2D eigenvalue weighted by Crippen LogP contribution is 2.49. The zero-order valence-electron chi connectivity index (χ0n) is 15.2. The third-order valence-corrected chi connectivity index (χ3v) is 5.99. The predicted octanol–water partition coefficient (Wildman–Crippen LogP) is 6.06. The minimum absolute atomic E-state index is 0.0465. The van der Waals surface area contributed by atoms with Crippen LogP contribution in [0.3, 0.4) is 0 Å². The SMILES string of the molecule is Cc1cc2c3c(c1)[C@H](C)CC(C)(C)N3C(=O)C2=Nc1ccc(Cl)c(Cl)c1. The molecule has 2 aromatic rings. The van der Waals surface area contributed by atoms with E-state index in [-0.39, 0.29) is 11.4 Å². The molecule has 3 nitrogen and oxygen atoms in total. The Bertz CT molecular complexity index is 978. The van der Waals surface area contributed by atoms with Crippen LogP contribution in [-0.2, 0) is 4.79 Å². The zero-order chi connectivity index (χ0) is 18.8. The van der Waals surface area contributed by atoms with Gasteiger partial charge in [-0.05, 0) is 62.9 Å². The first-order valence-corrected chi connectivity index (χ1v) is 9.48. The van der Waals surface area contributed by atoms with Gasteiger partial charge in [-0.15, -0.1) is 0 Å². The van der Waals surface area contributed by atoms with E-state index in [0.29, 0.717) is 27.4 Å². The van der Waals surface area contributed by atoms with Gasteiger partial charge in [-0.1, -0.05) is 41.8 Å². The van der Waals surface area contributed by atoms with Crippen molar-refractivity contribution >= 4 is 46.2 Å². The average Bonchev–Trinajstić information content (AvgIpc) is 2.82. The Morgan fingerprint density at radius 2 is 1.88 bits per heavy atom. The van der Waals surface area contributed by atoms with Gasteiger partial charge in [-0.2, -0.15) is 0 Å². The molecule has 26 heavy (non-hydrogen) atoms. The van der Waals surface area contributed by atoms with E-state index in [1.807, 2.05) is 4.90 Å². The maximum absolute atomic E-state index is 13.3. The van der Waals surface area contributed by atoms with Crippen molar-refractivity contribution in [2.75, 3.05) is 4.90 Å². The number of nitrogens with zero attached hydrogens (tertiary/aromatic N) is 2. The smallest absolute Gasteiger partial charge is 0.278 e. The third kappa shape index (κ3) is 2.57. The fourth-order valence-corrected chi connectivity index (χ4v) is 4.55. The molecule has 0 aromatic heterocycles. The summed E-state index contributed by atoms with van der Waals surface area (Å²) in [6.07, 6.45) is 0.925. The summed E-state index contributed by atoms with van der Waals surface area (Å²) in [7, 11) is 0. The number of benzene rings is 2. The van der Waals surface area contributed by atoms with Gasteiger partial charge in [0.05, 0.1) is 21.4 Å². The highest BCUT2D eigenvalue weighted by Gasteiger charge is 2.47. The summed E-state index contributed by atoms with van der Waals surface area (Å²) in [6, 6.07) is 9.42. The molecule has 0 N–H and O–H groups in total. The first-order valence-electron chi connectivity index (χ1n) is 8.72. The van der Waals surface area contributed by atoms with Gasteiger partial charge in [0.25, 0.3) is 5.91 Å². The topological polar surface area (TPSA) is 32.7 Å². The van der Waals surface area contributed by atoms with Crippen LogP contribution in [0.2, 0.25) is 10.0 Å². The fraction of sp³-hybridized carbons (Fsp3) is 0.333. The second kappa shape index (κ2) is 5.83. The van der Waals surface area contributed by atoms with Crippen LogP contribution < -0.4 is 4.90 Å². The van der Waals surface area contributed by atoms with Crippen LogP contribution in [0.15, 0.2) is 35.3 Å². The van der Waals surface area contributed by atoms with Gasteiger partial charge in [-0.3, -0.25) is 4.79 Å². The van der Waals surface area contributed by atoms with Gasteiger partial charge < -0.3 is 4.90 Å². The summed E-state index contributed by atoms with van der Waals surface area (Å²) in [6.45, 7) is 8.53. The molecule has 2 aliphatic heterocycles. The number of carbonyl (C=O) groups excluding carboxylic acids is 1. The van der Waals surface area contributed by atoms with Crippen molar-refractivity contribution in [3.63, 3.8) is 0 Å². The Kier molecular flexibility index (Phi) is 3.94. The Hall–Kier alpha value is -1.84. The summed E-state index contributed by atoms with van der Waals surface area (Å²) >= 11 is 12.1. The quantitative estimate of drug-likeness (QED) is 0.586. The Morgan fingerprint density at radius 1 is 1.15 bits per heavy atom. The van der Waals surface area contributed by atoms with Gasteiger partial charge in [0.2, 0.25) is 0 Å². The van der Waals surface area contributed by atoms with E-state index < -0.39 is 0 Å². The monoisotopic (exact) mass is 386 g/mol. The number of aryl methyl sites for hydroxylation is 1. The van der Waals surface area contributed by atoms with Crippen molar-refractivity contribution in [3.8, 4) is 0 Å². The molecule has 1 amide bonds. The summed E-state index contributed by atoms with van der Waals surface area (Å²) in [5.41, 5.74) is 5.16. The number of hydrogen-bond acceptors (Lipinski definition) is 2. The number of hydrogen-bond donors (Lipinski definition) is 0. The van der Waals surface area contributed by atoms with Gasteiger partial charge >= 0.3 is 0 Å². The minimum atomic E-state index is -0.248. The summed E-state index contributed by atoms with van der Waals surface area (Å²) in [5, 5.41) is 0.903. The molecule has 0 aliphatic carbocycles. The van der Waals surface area contributed by atoms with Crippen LogP contribution >= 0.6 is 23.2 Å². The molecular formula is C21H20Cl2N2O. The van der Waals surface area contributed by atoms with Gasteiger partial charge in [-0.25, -0.2) is 4.99 Å². The predicted molar refractivity (Wildman–Crippen MR) is 108 cm³/mol. The van der Waals surface area contributed by atoms with Crippen molar-refractivity contribution in [1.29, 1.82) is 0 Å². The molecule has 0 fully saturated rings. The lowest BCUT2D eigenvalue weighted by molar-refractivity contribution is -0.113. The van der Waals surface area contributed by atoms with Crippen LogP contribution in [0.25, 0.3) is 0 Å². The Balaban J connectivity index is 1.95. The molecule has 134 valence electrons. The van der Waals surface area contributed by atoms with Crippen molar-refractivity contribution in [3.05, 3.63) is 57.1 Å². The lowest BCUT2D eigenvalue weighted by Gasteiger charge is -2.43. The highest BCUT2D eigenvalue weighted by atomic mass is 35.5. The van der Waals surface area contributed by atoms with E-state index in [1.165, 1.54) is 5.56 Å². The van der Waals surface area contributed by atoms with Crippen LogP contribution in [0.1, 0.15) is 49.8 Å². The third-order valence-electron chi connectivity index (χ3n) is 5.25. The van der Waals surface area contributed by atoms with Gasteiger partial charge in [0.15, 0.2) is 0 Å². The van der Waals surface area contributed by atoms with Crippen LogP contribution in [0, 0.1) is 6.92 Å². The molecule has 0 radical (unpaired) electrons. The molecule has 0 bridgehead atoms. The Labute approximate surface area is 163 Å². The maximum atomic E-state index is 13.3. The first-order chi connectivity index (χ1) is 12.2. The standard InChI is InChI=1S/C21H20Cl2N2O/c1-11-7-14-12(2)10-21(3,4)25-19(14)15(8-11)18(20(25)26)24-13-5-6-16(22)17(23)9-13/h5-9,12H,10H2,1-4H3/t12-/m1/s1. The number of rotatable bonds is 1. The van der Waals surface area contributed by atoms with Crippen molar-refractivity contribution in [2.45, 2.75) is 45.6 Å². The van der Waals surface area contributed by atoms with Crippen LogP contribution in [0.5, 0.6) is 0 Å². The summed E-state index contributed by atoms with van der Waals surface area (Å²) < 4.78 is 0. The molecular weight excluding hydrogens is 367 g/mol. The molecule has 1 atom stereocenters. The lowest BCUT2D eigenvalue weighted by Crippen LogP contribution is -2.50. The first kappa shape index (κ1) is 17.6. The second-order valence-corrected chi connectivity index (χ2v) is 8.68. The molecule has 0 spiro atoms. The minimum Gasteiger partial charge on any atom is -0.300 e. The van der Waals surface area contributed by atoms with E-state index in [1.54, 1.807) is 18.2 Å². The maximum Gasteiger partial charge on any atom is 0.278 e. The molecule has 5 heteroatoms. The van der Waals surface area contributed by atoms with Gasteiger partial charge in [0, 0.05) is 11.1 Å². The molecule has 2 aliphatic rings. The number of amides is 1. The molecule has 4 rings (SSSR count). The molecule has 0 saturated carbocycles. The fourth-order valence-electron chi connectivity index (χ4n) is 4.26. The summed E-state index contributed by atoms with van der Waals surface area (Å²) in [5.74, 6) is 0.349. The lowest BCUT2D eigenvalue weighted by atomic mass is 9.80. The normalized spacial score (nSPS) is 22.1. The van der Waals surface area contributed by atoms with E-state index in [2.05, 4.69) is 44.8 Å². The van der Waals surface area contributed by atoms with Crippen molar-refractivity contribution < 1.29 is 4.79 Å². The van der Waals surface area contributed by atoms with Crippen LogP contribution in [-0.4, -0.2) is 17.2 Å². The van der Waals surface area contributed by atoms with E-state index >= 15 is 0 Å². The number of aliphatic imine (C=N–C) groups is 1. The highest BCUT2D eigenvalue weighted by molar-refractivity contribution is 6.55. The molecule has 0 unspecified atom stereocenters.